The lowest BCUT2D eigenvalue weighted by Crippen LogP contribution is -2.08. The summed E-state index contributed by atoms with van der Waals surface area (Å²) in [4.78, 5) is 6.30. The summed E-state index contributed by atoms with van der Waals surface area (Å²) in [5, 5.41) is 4.19. The summed E-state index contributed by atoms with van der Waals surface area (Å²) < 4.78 is 0. The second-order valence-electron chi connectivity index (χ2n) is 5.07. The van der Waals surface area contributed by atoms with Crippen molar-refractivity contribution < 1.29 is 0 Å². The number of anilines is 3. The van der Waals surface area contributed by atoms with Gasteiger partial charge >= 0.3 is 0 Å². The summed E-state index contributed by atoms with van der Waals surface area (Å²) in [7, 11) is 2.06. The Morgan fingerprint density at radius 3 is 2.26 bits per heavy atom. The fraction of sp³-hybridized carbons (Fsp3) is 0.0526. The monoisotopic (exact) mass is 302 g/mol. The van der Waals surface area contributed by atoms with Gasteiger partial charge in [-0.1, -0.05) is 36.4 Å². The molecule has 1 aromatic heterocycles. The van der Waals surface area contributed by atoms with Crippen LogP contribution in [0.4, 0.5) is 17.2 Å². The zero-order valence-corrected chi connectivity index (χ0v) is 12.9. The SMILES string of the molecule is CN(c1ccccc1)c1ccc(C=NNc2ccccn2)cc1. The Morgan fingerprint density at radius 1 is 0.870 bits per heavy atom. The first-order chi connectivity index (χ1) is 11.3. The first kappa shape index (κ1) is 14.8. The largest absolute Gasteiger partial charge is 0.345 e. The molecule has 1 heterocycles. The third kappa shape index (κ3) is 3.95. The highest BCUT2D eigenvalue weighted by Crippen LogP contribution is 2.22. The molecule has 0 bridgehead atoms. The molecule has 0 amide bonds. The fourth-order valence-electron chi connectivity index (χ4n) is 2.19. The average Bonchev–Trinajstić information content (AvgIpc) is 2.63. The van der Waals surface area contributed by atoms with E-state index in [2.05, 4.69) is 51.7 Å². The number of nitrogens with one attached hydrogen (secondary N) is 1. The van der Waals surface area contributed by atoms with Gasteiger partial charge < -0.3 is 4.90 Å². The van der Waals surface area contributed by atoms with Crippen LogP contribution >= 0.6 is 0 Å². The molecule has 3 aromatic rings. The van der Waals surface area contributed by atoms with Crippen LogP contribution in [-0.2, 0) is 0 Å². The Bertz CT molecular complexity index is 752. The van der Waals surface area contributed by atoms with E-state index in [9.17, 15) is 0 Å². The van der Waals surface area contributed by atoms with Gasteiger partial charge in [0.05, 0.1) is 6.21 Å². The summed E-state index contributed by atoms with van der Waals surface area (Å²) in [5.41, 5.74) is 6.22. The van der Waals surface area contributed by atoms with Crippen molar-refractivity contribution in [1.29, 1.82) is 0 Å². The standard InChI is InChI=1S/C19H18N4/c1-23(17-7-3-2-4-8-17)18-12-10-16(11-13-18)15-21-22-19-9-5-6-14-20-19/h2-15H,1H3,(H,20,22). The van der Waals surface area contributed by atoms with Gasteiger partial charge in [-0.15, -0.1) is 0 Å². The zero-order chi connectivity index (χ0) is 15.9. The fourth-order valence-corrected chi connectivity index (χ4v) is 2.19. The summed E-state index contributed by atoms with van der Waals surface area (Å²) in [6, 6.07) is 24.2. The van der Waals surface area contributed by atoms with Crippen molar-refractivity contribution in [3.63, 3.8) is 0 Å². The van der Waals surface area contributed by atoms with Crippen molar-refractivity contribution in [3.8, 4) is 0 Å². The highest BCUT2D eigenvalue weighted by Gasteiger charge is 2.02. The van der Waals surface area contributed by atoms with Gasteiger partial charge in [0, 0.05) is 24.6 Å². The molecule has 23 heavy (non-hydrogen) atoms. The van der Waals surface area contributed by atoms with Crippen molar-refractivity contribution in [2.45, 2.75) is 0 Å². The van der Waals surface area contributed by atoms with E-state index in [-0.39, 0.29) is 0 Å². The van der Waals surface area contributed by atoms with Gasteiger partial charge in [0.1, 0.15) is 5.82 Å². The molecular weight excluding hydrogens is 284 g/mol. The molecule has 0 aliphatic carbocycles. The Kier molecular flexibility index (Phi) is 4.64. The van der Waals surface area contributed by atoms with Crippen molar-refractivity contribution in [1.82, 2.24) is 4.98 Å². The van der Waals surface area contributed by atoms with Crippen molar-refractivity contribution in [2.75, 3.05) is 17.4 Å². The number of pyridine rings is 1. The van der Waals surface area contributed by atoms with Crippen LogP contribution in [0.3, 0.4) is 0 Å². The minimum absolute atomic E-state index is 0.726. The Morgan fingerprint density at radius 2 is 1.57 bits per heavy atom. The van der Waals surface area contributed by atoms with Gasteiger partial charge in [0.15, 0.2) is 0 Å². The number of rotatable bonds is 5. The highest BCUT2D eigenvalue weighted by molar-refractivity contribution is 5.81. The van der Waals surface area contributed by atoms with E-state index in [1.165, 1.54) is 0 Å². The number of nitrogens with zero attached hydrogens (tertiary/aromatic N) is 3. The lowest BCUT2D eigenvalue weighted by molar-refractivity contribution is 1.21. The van der Waals surface area contributed by atoms with E-state index >= 15 is 0 Å². The van der Waals surface area contributed by atoms with Crippen molar-refractivity contribution in [2.24, 2.45) is 5.10 Å². The smallest absolute Gasteiger partial charge is 0.146 e. The lowest BCUT2D eigenvalue weighted by Gasteiger charge is -2.19. The number of hydrogen-bond acceptors (Lipinski definition) is 4. The van der Waals surface area contributed by atoms with Crippen LogP contribution in [-0.4, -0.2) is 18.2 Å². The van der Waals surface area contributed by atoms with E-state index in [0.717, 1.165) is 22.8 Å². The van der Waals surface area contributed by atoms with E-state index < -0.39 is 0 Å². The molecule has 0 unspecified atom stereocenters. The number of hydrogen-bond donors (Lipinski definition) is 1. The molecular formula is C19H18N4. The number of benzene rings is 2. The van der Waals surface area contributed by atoms with Crippen LogP contribution < -0.4 is 10.3 Å². The summed E-state index contributed by atoms with van der Waals surface area (Å²) in [6.45, 7) is 0. The molecule has 3 rings (SSSR count). The first-order valence-corrected chi connectivity index (χ1v) is 7.42. The molecule has 0 radical (unpaired) electrons. The average molecular weight is 302 g/mol. The van der Waals surface area contributed by atoms with Gasteiger partial charge in [-0.3, -0.25) is 5.43 Å². The maximum absolute atomic E-state index is 4.19. The van der Waals surface area contributed by atoms with Gasteiger partial charge in [-0.05, 0) is 42.0 Å². The van der Waals surface area contributed by atoms with E-state index in [1.807, 2.05) is 48.5 Å². The van der Waals surface area contributed by atoms with E-state index in [0.29, 0.717) is 0 Å². The highest BCUT2D eigenvalue weighted by atomic mass is 15.3. The minimum atomic E-state index is 0.726. The normalized spacial score (nSPS) is 10.7. The van der Waals surface area contributed by atoms with Crippen molar-refractivity contribution >= 4 is 23.4 Å². The van der Waals surface area contributed by atoms with Crippen LogP contribution in [0.25, 0.3) is 0 Å². The molecule has 114 valence electrons. The van der Waals surface area contributed by atoms with Gasteiger partial charge in [-0.2, -0.15) is 5.10 Å². The molecule has 0 aliphatic heterocycles. The topological polar surface area (TPSA) is 40.5 Å². The third-order valence-electron chi connectivity index (χ3n) is 3.48. The van der Waals surface area contributed by atoms with Crippen LogP contribution in [0.15, 0.2) is 84.1 Å². The molecule has 0 spiro atoms. The molecule has 0 saturated carbocycles. The lowest BCUT2D eigenvalue weighted by atomic mass is 10.2. The zero-order valence-electron chi connectivity index (χ0n) is 12.9. The maximum atomic E-state index is 4.19. The molecule has 1 N–H and O–H groups in total. The van der Waals surface area contributed by atoms with Gasteiger partial charge in [0.25, 0.3) is 0 Å². The minimum Gasteiger partial charge on any atom is -0.345 e. The molecule has 4 nitrogen and oxygen atoms in total. The predicted octanol–water partition coefficient (Wildman–Crippen LogP) is 4.30. The third-order valence-corrected chi connectivity index (χ3v) is 3.48. The van der Waals surface area contributed by atoms with Gasteiger partial charge in [-0.25, -0.2) is 4.98 Å². The second-order valence-corrected chi connectivity index (χ2v) is 5.07. The summed E-state index contributed by atoms with van der Waals surface area (Å²) in [5.74, 6) is 0.726. The molecule has 2 aromatic carbocycles. The van der Waals surface area contributed by atoms with Gasteiger partial charge in [0.2, 0.25) is 0 Å². The molecule has 0 atom stereocenters. The molecule has 0 saturated heterocycles. The number of hydrazone groups is 1. The van der Waals surface area contributed by atoms with E-state index in [4.69, 9.17) is 0 Å². The van der Waals surface area contributed by atoms with E-state index in [1.54, 1.807) is 12.4 Å². The van der Waals surface area contributed by atoms with Crippen LogP contribution in [0.1, 0.15) is 5.56 Å². The quantitative estimate of drug-likeness (QED) is 0.564. The number of aromatic nitrogens is 1. The Hall–Kier alpha value is -3.14. The molecule has 0 aliphatic rings. The predicted molar refractivity (Wildman–Crippen MR) is 96.4 cm³/mol. The first-order valence-electron chi connectivity index (χ1n) is 7.42. The maximum Gasteiger partial charge on any atom is 0.146 e. The summed E-state index contributed by atoms with van der Waals surface area (Å²) in [6.07, 6.45) is 3.51. The molecule has 4 heteroatoms. The Labute approximate surface area is 136 Å². The second kappa shape index (κ2) is 7.22. The van der Waals surface area contributed by atoms with Crippen molar-refractivity contribution in [3.05, 3.63) is 84.6 Å². The van der Waals surface area contributed by atoms with Crippen LogP contribution in [0.2, 0.25) is 0 Å². The Balaban J connectivity index is 1.65. The summed E-state index contributed by atoms with van der Waals surface area (Å²) >= 11 is 0. The van der Waals surface area contributed by atoms with Crippen LogP contribution in [0, 0.1) is 0 Å². The molecule has 0 fully saturated rings. The van der Waals surface area contributed by atoms with Crippen LogP contribution in [0.5, 0.6) is 0 Å². The number of para-hydroxylation sites is 1.